The van der Waals surface area contributed by atoms with Gasteiger partial charge in [0, 0.05) is 0 Å². The van der Waals surface area contributed by atoms with Crippen LogP contribution in [-0.4, -0.2) is 117 Å². The Hall–Kier alpha value is 1.62. The summed E-state index contributed by atoms with van der Waals surface area (Å²) < 4.78 is 6.88. The Labute approximate surface area is 450 Å². The van der Waals surface area contributed by atoms with E-state index < -0.39 is 117 Å². The summed E-state index contributed by atoms with van der Waals surface area (Å²) >= 11 is -1.47. The first-order valence-electron chi connectivity index (χ1n) is 27.3. The van der Waals surface area contributed by atoms with Crippen molar-refractivity contribution in [2.24, 2.45) is 0 Å². The minimum atomic E-state index is -1.70. The molecule has 0 aliphatic rings. The predicted octanol–water partition coefficient (Wildman–Crippen LogP) is 19.1. The van der Waals surface area contributed by atoms with Crippen molar-refractivity contribution >= 4 is 121 Å². The fourth-order valence-electron chi connectivity index (χ4n) is 16.6. The van der Waals surface area contributed by atoms with Crippen molar-refractivity contribution in [3.8, 4) is 3.82 Å². The molecule has 0 aliphatic heterocycles. The second kappa shape index (κ2) is 21.2. The molecule has 2 rings (SSSR count). The van der Waals surface area contributed by atoms with E-state index in [1.54, 1.807) is 27.8 Å². The van der Waals surface area contributed by atoms with Crippen LogP contribution in [0.1, 0.15) is 69.9 Å². The topological polar surface area (TPSA) is 0 Å². The van der Waals surface area contributed by atoms with Crippen LogP contribution in [0.4, 0.5) is 0 Å². The summed E-state index contributed by atoms with van der Waals surface area (Å²) in [5.74, 6) is 0. The Kier molecular flexibility index (Phi) is 20.5. The molecule has 13 heteroatoms. The molecule has 0 unspecified atom stereocenters. The molecule has 0 aliphatic carbocycles. The molecule has 0 bridgehead atoms. The number of rotatable bonds is 18. The summed E-state index contributed by atoms with van der Waals surface area (Å²) in [6.45, 7) is 98.6. The quantitative estimate of drug-likeness (QED) is 0.131. The summed E-state index contributed by atoms with van der Waals surface area (Å²) in [7, 11) is -19.8. The average Bonchev–Trinajstić information content (AvgIpc) is 2.92. The molecule has 0 heterocycles. The van der Waals surface area contributed by atoms with E-state index in [-0.39, 0.29) is 0 Å². The molecule has 0 saturated carbocycles. The molecule has 0 nitrogen and oxygen atoms in total. The maximum atomic E-state index is 4.96. The number of hydrogen-bond acceptors (Lipinski definition) is 0. The Bertz CT molecular complexity index is 1790. The molecular weight excluding hydrogens is 1120 g/mol. The van der Waals surface area contributed by atoms with Crippen molar-refractivity contribution in [2.45, 2.75) is 267 Å². The molecule has 0 saturated heterocycles. The minimum absolute atomic E-state index is 0.687. The van der Waals surface area contributed by atoms with Gasteiger partial charge >= 0.3 is 455 Å². The molecule has 0 amide bonds. The first kappa shape index (κ1) is 65.7. The van der Waals surface area contributed by atoms with Crippen LogP contribution in [0.3, 0.4) is 0 Å². The molecular formula is C55H118Si12Sn. The molecule has 0 N–H and O–H groups in total. The van der Waals surface area contributed by atoms with Crippen LogP contribution in [0.15, 0.2) is 24.3 Å². The molecule has 2 aromatic carbocycles. The van der Waals surface area contributed by atoms with Crippen molar-refractivity contribution in [1.82, 2.24) is 0 Å². The normalized spacial score (nSPS) is 15.1. The van der Waals surface area contributed by atoms with E-state index in [1.807, 2.05) is 14.7 Å². The van der Waals surface area contributed by atoms with Gasteiger partial charge in [0.2, 0.25) is 0 Å². The molecule has 390 valence electrons. The average molecular weight is 1240 g/mol. The van der Waals surface area contributed by atoms with E-state index in [9.17, 15) is 0 Å². The van der Waals surface area contributed by atoms with E-state index in [0.717, 1.165) is 20.7 Å². The van der Waals surface area contributed by atoms with Crippen molar-refractivity contribution in [3.63, 3.8) is 0 Å². The third-order valence-corrected chi connectivity index (χ3v) is 74.3. The monoisotopic (exact) mass is 1230 g/mol. The molecule has 0 fully saturated rings. The Morgan fingerprint density at radius 3 is 0.588 bits per heavy atom. The zero-order valence-electron chi connectivity index (χ0n) is 52.8. The van der Waals surface area contributed by atoms with Gasteiger partial charge in [0.1, 0.15) is 0 Å². The summed E-state index contributed by atoms with van der Waals surface area (Å²) in [6, 6.07) is 11.9. The summed E-state index contributed by atoms with van der Waals surface area (Å²) in [6.07, 6.45) is 0. The zero-order valence-corrected chi connectivity index (χ0v) is 67.6. The van der Waals surface area contributed by atoms with Crippen LogP contribution in [0.5, 0.6) is 0 Å². The van der Waals surface area contributed by atoms with Gasteiger partial charge in [-0.05, 0) is 0 Å². The van der Waals surface area contributed by atoms with Gasteiger partial charge in [0.05, 0.1) is 0 Å². The molecule has 68 heavy (non-hydrogen) atoms. The third-order valence-electron chi connectivity index (χ3n) is 15.1. The Morgan fingerprint density at radius 1 is 0.250 bits per heavy atom. The van der Waals surface area contributed by atoms with E-state index >= 15 is 0 Å². The zero-order chi connectivity index (χ0) is 54.3. The molecule has 0 aromatic heterocycles. The van der Waals surface area contributed by atoms with Gasteiger partial charge in [0.25, 0.3) is 0 Å². The summed E-state index contributed by atoms with van der Waals surface area (Å²) in [4.78, 5) is 0. The van der Waals surface area contributed by atoms with Crippen LogP contribution in [0, 0.1) is 3.82 Å². The SMILES string of the molecule is C[Si](C)(C)C(c1cc(C([Si](C)(C)C)[Si](C)(C)C)c([C]#[Sn][c]2c(C([Si](C)(C)C)[Si](C)(C)C)cc(C([Si](C)(C)C)[Si](C)(C)C)cc2C([Si](C)(C)C)[Si](C)(C)C)c(C([Si](C)(C)C)[Si](C)(C)C)c1)[Si](C)(C)C. The standard InChI is InChI=1S/C28H59Si6.C27H59Si6.Sn/c1-22-24(27(31(8,9)10)32(11,12)13)20-23(26(29(2,3)4)30(5,6)7)21-25(22)28(33(14,15)16)34(17,18)19;1-28(2,3)25(29(4,5)6)22-19-23(26(30(7,8)9)31(10,11)12)21-24(20-22)27(32(13,14)15)33(16,17)18;/h20-21,26-28H,2-19H3;19-20,25-27H,1-18H3;. The fraction of sp³-hybridized carbons (Fsp3) is 0.764. The van der Waals surface area contributed by atoms with Crippen molar-refractivity contribution < 1.29 is 0 Å². The van der Waals surface area contributed by atoms with Crippen LogP contribution in [0.2, 0.25) is 236 Å². The summed E-state index contributed by atoms with van der Waals surface area (Å²) in [5.41, 5.74) is 12.6. The van der Waals surface area contributed by atoms with Gasteiger partial charge in [0.15, 0.2) is 0 Å². The number of benzene rings is 2. The predicted molar refractivity (Wildman–Crippen MR) is 358 cm³/mol. The van der Waals surface area contributed by atoms with E-state index in [4.69, 9.17) is 3.82 Å². The summed E-state index contributed by atoms with van der Waals surface area (Å²) in [5, 5.41) is 4.30. The van der Waals surface area contributed by atoms with Crippen LogP contribution in [-0.2, 0) is 0 Å². The van der Waals surface area contributed by atoms with Gasteiger partial charge in [-0.1, -0.05) is 0 Å². The van der Waals surface area contributed by atoms with E-state index in [2.05, 4.69) is 260 Å². The second-order valence-electron chi connectivity index (χ2n) is 35.4. The first-order valence-corrected chi connectivity index (χ1v) is 73.0. The third kappa shape index (κ3) is 16.6. The molecule has 0 spiro atoms. The Balaban J connectivity index is 3.98. The molecule has 0 radical (unpaired) electrons. The van der Waals surface area contributed by atoms with Crippen LogP contribution in [0.25, 0.3) is 0 Å². The molecule has 2 aromatic rings. The Morgan fingerprint density at radius 2 is 0.412 bits per heavy atom. The van der Waals surface area contributed by atoms with Gasteiger partial charge in [-0.2, -0.15) is 0 Å². The van der Waals surface area contributed by atoms with Crippen LogP contribution < -0.4 is 3.58 Å². The van der Waals surface area contributed by atoms with Gasteiger partial charge in [-0.15, -0.1) is 0 Å². The van der Waals surface area contributed by atoms with Gasteiger partial charge in [-0.25, -0.2) is 0 Å². The van der Waals surface area contributed by atoms with Crippen LogP contribution >= 0.6 is 0 Å². The number of hydrogen-bond donors (Lipinski definition) is 0. The first-order chi connectivity index (χ1) is 29.4. The van der Waals surface area contributed by atoms with E-state index in [1.165, 1.54) is 0 Å². The van der Waals surface area contributed by atoms with Crippen molar-refractivity contribution in [2.75, 3.05) is 0 Å². The van der Waals surface area contributed by atoms with Crippen molar-refractivity contribution in [1.29, 1.82) is 0 Å². The maximum absolute atomic E-state index is 4.96. The van der Waals surface area contributed by atoms with Gasteiger partial charge < -0.3 is 0 Å². The van der Waals surface area contributed by atoms with Crippen molar-refractivity contribution in [3.05, 3.63) is 63.2 Å². The second-order valence-corrected chi connectivity index (χ2v) is 105. The fourth-order valence-corrected chi connectivity index (χ4v) is 98.2. The van der Waals surface area contributed by atoms with E-state index in [0.29, 0.717) is 10.3 Å². The molecule has 0 atom stereocenters. The van der Waals surface area contributed by atoms with Gasteiger partial charge in [-0.3, -0.25) is 0 Å².